The second kappa shape index (κ2) is 12.1. The van der Waals surface area contributed by atoms with E-state index >= 15 is 0 Å². The number of hydrogen-bond acceptors (Lipinski definition) is 3. The molecule has 0 heterocycles. The number of amides is 2. The van der Waals surface area contributed by atoms with Gasteiger partial charge in [0.05, 0.1) is 0 Å². The fraction of sp³-hybridized carbons (Fsp3) is 0.417. The van der Waals surface area contributed by atoms with Gasteiger partial charge in [0.15, 0.2) is 6.61 Å². The first-order valence-corrected chi connectivity index (χ1v) is 11.6. The van der Waals surface area contributed by atoms with E-state index in [2.05, 4.69) is 28.2 Å². The van der Waals surface area contributed by atoms with Crippen LogP contribution < -0.4 is 10.1 Å². The molecule has 1 N–H and O–H groups in total. The third kappa shape index (κ3) is 7.54. The zero-order chi connectivity index (χ0) is 23.0. The lowest BCUT2D eigenvalue weighted by molar-refractivity contribution is -0.142. The van der Waals surface area contributed by atoms with E-state index in [1.807, 2.05) is 38.1 Å². The Hall–Kier alpha value is -2.05. The standard InChI is InChI=1S/C24H30BrClN2O3/c1-5-6-11-27-24(30)18(4)28(14-19-7-9-20(26)10-8-19)22(29)15-31-21-12-16(2)23(25)17(3)13-21/h7-10,12-13,18H,5-6,11,14-15H2,1-4H3,(H,27,30). The van der Waals surface area contributed by atoms with Crippen molar-refractivity contribution in [2.45, 2.75) is 53.1 Å². The molecule has 0 aliphatic carbocycles. The Bertz CT molecular complexity index is 879. The van der Waals surface area contributed by atoms with Crippen LogP contribution in [-0.2, 0) is 16.1 Å². The number of carbonyl (C=O) groups is 2. The first-order chi connectivity index (χ1) is 14.7. The lowest BCUT2D eigenvalue weighted by Gasteiger charge is -2.29. The van der Waals surface area contributed by atoms with E-state index in [0.717, 1.165) is 34.0 Å². The minimum Gasteiger partial charge on any atom is -0.484 e. The molecular weight excluding hydrogens is 480 g/mol. The van der Waals surface area contributed by atoms with Crippen molar-refractivity contribution in [3.05, 3.63) is 62.6 Å². The topological polar surface area (TPSA) is 58.6 Å². The maximum atomic E-state index is 13.1. The molecule has 2 amide bonds. The molecule has 1 atom stereocenters. The first-order valence-electron chi connectivity index (χ1n) is 10.4. The van der Waals surface area contributed by atoms with E-state index in [0.29, 0.717) is 23.9 Å². The Morgan fingerprint density at radius 2 is 1.77 bits per heavy atom. The zero-order valence-corrected chi connectivity index (χ0v) is 20.8. The van der Waals surface area contributed by atoms with Crippen LogP contribution in [0.3, 0.4) is 0 Å². The van der Waals surface area contributed by atoms with Gasteiger partial charge < -0.3 is 15.0 Å². The highest BCUT2D eigenvalue weighted by Crippen LogP contribution is 2.26. The quantitative estimate of drug-likeness (QED) is 0.434. The number of ether oxygens (including phenoxy) is 1. The molecule has 2 aromatic carbocycles. The molecule has 0 spiro atoms. The molecule has 0 aliphatic heterocycles. The van der Waals surface area contributed by atoms with E-state index in [1.54, 1.807) is 24.0 Å². The molecule has 0 bridgehead atoms. The van der Waals surface area contributed by atoms with Crippen LogP contribution in [0.25, 0.3) is 0 Å². The highest BCUT2D eigenvalue weighted by atomic mass is 79.9. The third-order valence-corrected chi connectivity index (χ3v) is 6.54. The summed E-state index contributed by atoms with van der Waals surface area (Å²) in [6.45, 7) is 8.48. The minimum absolute atomic E-state index is 0.152. The molecule has 0 aliphatic rings. The number of nitrogens with zero attached hydrogens (tertiary/aromatic N) is 1. The van der Waals surface area contributed by atoms with Gasteiger partial charge in [0.2, 0.25) is 5.91 Å². The Morgan fingerprint density at radius 1 is 1.16 bits per heavy atom. The smallest absolute Gasteiger partial charge is 0.261 e. The first kappa shape index (κ1) is 25.2. The molecular formula is C24H30BrClN2O3. The van der Waals surface area contributed by atoms with Crippen molar-refractivity contribution in [3.63, 3.8) is 0 Å². The molecule has 7 heteroatoms. The van der Waals surface area contributed by atoms with Crippen molar-refractivity contribution in [1.82, 2.24) is 10.2 Å². The van der Waals surface area contributed by atoms with Crippen LogP contribution in [0.1, 0.15) is 43.4 Å². The number of unbranched alkanes of at least 4 members (excludes halogenated alkanes) is 1. The average Bonchev–Trinajstić information content (AvgIpc) is 2.74. The van der Waals surface area contributed by atoms with E-state index in [-0.39, 0.29) is 18.4 Å². The lowest BCUT2D eigenvalue weighted by Crippen LogP contribution is -2.49. The van der Waals surface area contributed by atoms with Crippen LogP contribution in [0.5, 0.6) is 5.75 Å². The van der Waals surface area contributed by atoms with Gasteiger partial charge in [0, 0.05) is 22.6 Å². The third-order valence-electron chi connectivity index (χ3n) is 5.04. The van der Waals surface area contributed by atoms with Gasteiger partial charge in [-0.3, -0.25) is 9.59 Å². The van der Waals surface area contributed by atoms with Gasteiger partial charge in [0.1, 0.15) is 11.8 Å². The van der Waals surface area contributed by atoms with Gasteiger partial charge in [-0.25, -0.2) is 0 Å². The largest absolute Gasteiger partial charge is 0.484 e. The number of rotatable bonds is 10. The molecule has 2 rings (SSSR count). The molecule has 5 nitrogen and oxygen atoms in total. The Balaban J connectivity index is 2.14. The van der Waals surface area contributed by atoms with Gasteiger partial charge in [-0.1, -0.05) is 53.0 Å². The summed E-state index contributed by atoms with van der Waals surface area (Å²) < 4.78 is 6.81. The molecule has 0 fully saturated rings. The number of benzene rings is 2. The van der Waals surface area contributed by atoms with Crippen LogP contribution in [0.2, 0.25) is 5.02 Å². The number of nitrogens with one attached hydrogen (secondary N) is 1. The highest BCUT2D eigenvalue weighted by molar-refractivity contribution is 9.10. The molecule has 0 saturated carbocycles. The summed E-state index contributed by atoms with van der Waals surface area (Å²) in [4.78, 5) is 27.3. The summed E-state index contributed by atoms with van der Waals surface area (Å²) in [7, 11) is 0. The molecule has 1 unspecified atom stereocenters. The van der Waals surface area contributed by atoms with E-state index < -0.39 is 6.04 Å². The Morgan fingerprint density at radius 3 is 2.35 bits per heavy atom. The molecule has 0 saturated heterocycles. The van der Waals surface area contributed by atoms with Gasteiger partial charge in [-0.2, -0.15) is 0 Å². The molecule has 31 heavy (non-hydrogen) atoms. The minimum atomic E-state index is -0.628. The van der Waals surface area contributed by atoms with Crippen molar-refractivity contribution in [1.29, 1.82) is 0 Å². The fourth-order valence-electron chi connectivity index (χ4n) is 3.12. The van der Waals surface area contributed by atoms with E-state index in [1.165, 1.54) is 0 Å². The van der Waals surface area contributed by atoms with Gasteiger partial charge in [-0.05, 0) is 68.1 Å². The second-order valence-corrected chi connectivity index (χ2v) is 8.86. The lowest BCUT2D eigenvalue weighted by atomic mass is 10.1. The summed E-state index contributed by atoms with van der Waals surface area (Å²) in [6, 6.07) is 10.4. The van der Waals surface area contributed by atoms with E-state index in [9.17, 15) is 9.59 Å². The van der Waals surface area contributed by atoms with Crippen LogP contribution in [0, 0.1) is 13.8 Å². The van der Waals surface area contributed by atoms with E-state index in [4.69, 9.17) is 16.3 Å². The van der Waals surface area contributed by atoms with Gasteiger partial charge >= 0.3 is 0 Å². The van der Waals surface area contributed by atoms with Crippen molar-refractivity contribution >= 4 is 39.3 Å². The van der Waals surface area contributed by atoms with Crippen LogP contribution >= 0.6 is 27.5 Å². The molecule has 0 radical (unpaired) electrons. The van der Waals surface area contributed by atoms with Crippen LogP contribution in [0.4, 0.5) is 0 Å². The van der Waals surface area contributed by atoms with Crippen molar-refractivity contribution in [2.24, 2.45) is 0 Å². The number of halogens is 2. The van der Waals surface area contributed by atoms with Crippen molar-refractivity contribution in [2.75, 3.05) is 13.2 Å². The zero-order valence-electron chi connectivity index (χ0n) is 18.5. The second-order valence-electron chi connectivity index (χ2n) is 7.63. The molecule has 0 aromatic heterocycles. The average molecular weight is 510 g/mol. The summed E-state index contributed by atoms with van der Waals surface area (Å²) in [5.74, 6) is 0.190. The summed E-state index contributed by atoms with van der Waals surface area (Å²) in [6.07, 6.45) is 1.89. The molecule has 168 valence electrons. The van der Waals surface area contributed by atoms with Gasteiger partial charge in [0.25, 0.3) is 5.91 Å². The SMILES string of the molecule is CCCCNC(=O)C(C)N(Cc1ccc(Cl)cc1)C(=O)COc1cc(C)c(Br)c(C)c1. The summed E-state index contributed by atoms with van der Waals surface area (Å²) in [5, 5.41) is 3.53. The maximum Gasteiger partial charge on any atom is 0.261 e. The van der Waals surface area contributed by atoms with Crippen LogP contribution in [-0.4, -0.2) is 35.9 Å². The highest BCUT2D eigenvalue weighted by Gasteiger charge is 2.26. The number of carbonyl (C=O) groups excluding carboxylic acids is 2. The predicted octanol–water partition coefficient (Wildman–Crippen LogP) is 5.43. The predicted molar refractivity (Wildman–Crippen MR) is 128 cm³/mol. The van der Waals surface area contributed by atoms with Gasteiger partial charge in [-0.15, -0.1) is 0 Å². The summed E-state index contributed by atoms with van der Waals surface area (Å²) >= 11 is 9.52. The maximum absolute atomic E-state index is 13.1. The van der Waals surface area contributed by atoms with Crippen molar-refractivity contribution in [3.8, 4) is 5.75 Å². The number of aryl methyl sites for hydroxylation is 2. The molecule has 2 aromatic rings. The Labute approximate surface area is 198 Å². The fourth-order valence-corrected chi connectivity index (χ4v) is 3.48. The monoisotopic (exact) mass is 508 g/mol. The van der Waals surface area contributed by atoms with Crippen molar-refractivity contribution < 1.29 is 14.3 Å². The normalized spacial score (nSPS) is 11.7. The van der Waals surface area contributed by atoms with Crippen LogP contribution in [0.15, 0.2) is 40.9 Å². The summed E-state index contributed by atoms with van der Waals surface area (Å²) in [5.41, 5.74) is 2.95. The number of hydrogen-bond donors (Lipinski definition) is 1. The Kier molecular flexibility index (Phi) is 9.85.